The van der Waals surface area contributed by atoms with Crippen LogP contribution in [-0.4, -0.2) is 76.6 Å². The molecule has 4 heterocycles. The number of aliphatic hydroxyl groups is 2. The quantitative estimate of drug-likeness (QED) is 0.654. The minimum absolute atomic E-state index is 0.0825. The molecule has 2 aromatic heterocycles. The summed E-state index contributed by atoms with van der Waals surface area (Å²) in [4.78, 5) is 21.7. The second-order valence-electron chi connectivity index (χ2n) is 6.86. The average molecular weight is 447 g/mol. The van der Waals surface area contributed by atoms with E-state index in [9.17, 15) is 18.7 Å². The van der Waals surface area contributed by atoms with Gasteiger partial charge in [0.25, 0.3) is 6.43 Å². The van der Waals surface area contributed by atoms with Gasteiger partial charge < -0.3 is 19.8 Å². The minimum atomic E-state index is -2.80. The Bertz CT molecular complexity index is 736. The highest BCUT2D eigenvalue weighted by Crippen LogP contribution is 2.29. The minimum Gasteiger partial charge on any atom is -0.400 e. The van der Waals surface area contributed by atoms with Crippen molar-refractivity contribution in [2.45, 2.75) is 44.1 Å². The van der Waals surface area contributed by atoms with Gasteiger partial charge in [-0.15, -0.1) is 0 Å². The maximum Gasteiger partial charge on any atom is 0.323 e. The number of fused-ring (bicyclic) bond motifs is 1. The number of hydrogen-bond donors (Lipinski definition) is 3. The molecule has 30 heavy (non-hydrogen) atoms. The van der Waals surface area contributed by atoms with E-state index in [2.05, 4.69) is 15.3 Å². The fraction of sp³-hybridized carbons (Fsp3) is 0.632. The molecule has 2 aromatic rings. The monoisotopic (exact) mass is 446 g/mol. The summed E-state index contributed by atoms with van der Waals surface area (Å²) in [7, 11) is 1.00. The maximum atomic E-state index is 12.7. The zero-order chi connectivity index (χ0) is 22.0. The van der Waals surface area contributed by atoms with E-state index in [1.807, 2.05) is 0 Å². The molecule has 0 radical (unpaired) electrons. The van der Waals surface area contributed by atoms with Gasteiger partial charge in [-0.3, -0.25) is 10.3 Å². The van der Waals surface area contributed by atoms with E-state index in [4.69, 9.17) is 9.84 Å². The van der Waals surface area contributed by atoms with Crippen molar-refractivity contribution >= 4 is 32.7 Å². The van der Waals surface area contributed by atoms with Gasteiger partial charge in [-0.05, 0) is 38.2 Å². The number of rotatable bonds is 2. The number of ether oxygens (including phenoxy) is 1. The first-order chi connectivity index (χ1) is 14.5. The van der Waals surface area contributed by atoms with Gasteiger partial charge >= 0.3 is 6.03 Å². The molecule has 2 fully saturated rings. The number of anilines is 1. The Morgan fingerprint density at radius 3 is 2.43 bits per heavy atom. The van der Waals surface area contributed by atoms with Crippen molar-refractivity contribution in [1.82, 2.24) is 14.9 Å². The molecule has 8 nitrogen and oxygen atoms in total. The summed E-state index contributed by atoms with van der Waals surface area (Å²) in [5.41, 5.74) is -1.30. The number of halogens is 2. The number of aromatic nitrogens is 2. The summed E-state index contributed by atoms with van der Waals surface area (Å²) in [6, 6.07) is 1.40. The molecule has 2 aliphatic rings. The number of urea groups is 1. The first-order valence-corrected chi connectivity index (χ1v) is 10.6. The molecule has 0 aliphatic carbocycles. The highest BCUT2D eigenvalue weighted by atomic mass is 32.1. The van der Waals surface area contributed by atoms with Crippen LogP contribution >= 0.6 is 11.3 Å². The second-order valence-corrected chi connectivity index (χ2v) is 7.89. The number of piperidine rings is 1. The predicted octanol–water partition coefficient (Wildman–Crippen LogP) is 3.11. The number of nitrogens with zero attached hydrogens (tertiary/aromatic N) is 3. The largest absolute Gasteiger partial charge is 0.400 e. The number of carbonyl (C=O) groups excluding carboxylic acids is 1. The zero-order valence-corrected chi connectivity index (χ0v) is 17.7. The van der Waals surface area contributed by atoms with Gasteiger partial charge in [-0.1, -0.05) is 11.3 Å². The van der Waals surface area contributed by atoms with Crippen LogP contribution in [-0.2, 0) is 4.74 Å². The summed E-state index contributed by atoms with van der Waals surface area (Å²) in [6.07, 6.45) is 4.10. The molecule has 0 unspecified atom stereocenters. The van der Waals surface area contributed by atoms with Crippen LogP contribution in [0.25, 0.3) is 10.2 Å². The molecule has 2 aliphatic heterocycles. The number of nitrogens with one attached hydrogen (secondary N) is 1. The summed E-state index contributed by atoms with van der Waals surface area (Å²) in [5.74, 6) is 0. The van der Waals surface area contributed by atoms with Crippen molar-refractivity contribution in [2.24, 2.45) is 0 Å². The molecule has 0 spiro atoms. The van der Waals surface area contributed by atoms with E-state index in [0.29, 0.717) is 10.6 Å². The Morgan fingerprint density at radius 1 is 1.27 bits per heavy atom. The van der Waals surface area contributed by atoms with Gasteiger partial charge in [0.15, 0.2) is 5.13 Å². The first-order valence-electron chi connectivity index (χ1n) is 9.77. The van der Waals surface area contributed by atoms with Crippen LogP contribution in [0.15, 0.2) is 18.5 Å². The van der Waals surface area contributed by atoms with Crippen LogP contribution in [0.1, 0.15) is 32.1 Å². The highest BCUT2D eigenvalue weighted by molar-refractivity contribution is 7.22. The van der Waals surface area contributed by atoms with Gasteiger partial charge in [0.05, 0.1) is 10.9 Å². The lowest BCUT2D eigenvalue weighted by atomic mass is 9.92. The summed E-state index contributed by atoms with van der Waals surface area (Å²) in [5, 5.41) is 19.8. The Morgan fingerprint density at radius 2 is 1.93 bits per heavy atom. The van der Waals surface area contributed by atoms with Crippen LogP contribution in [0.4, 0.5) is 18.7 Å². The Hall–Kier alpha value is -1.95. The molecular formula is C19H28F2N4O4S. The van der Waals surface area contributed by atoms with E-state index < -0.39 is 18.1 Å². The molecule has 0 bridgehead atoms. The molecule has 168 valence electrons. The lowest BCUT2D eigenvalue weighted by Crippen LogP contribution is -2.51. The molecule has 2 amide bonds. The number of likely N-dealkylation sites (tertiary alicyclic amines) is 1. The number of carbonyl (C=O) groups is 1. The van der Waals surface area contributed by atoms with Crippen molar-refractivity contribution in [1.29, 1.82) is 0 Å². The van der Waals surface area contributed by atoms with E-state index in [0.717, 1.165) is 25.0 Å². The average Bonchev–Trinajstić information content (AvgIpc) is 3.19. The van der Waals surface area contributed by atoms with E-state index in [1.165, 1.54) is 35.5 Å². The van der Waals surface area contributed by atoms with E-state index >= 15 is 0 Å². The van der Waals surface area contributed by atoms with Crippen LogP contribution in [0, 0.1) is 0 Å². The van der Waals surface area contributed by atoms with Crippen LogP contribution in [0.5, 0.6) is 0 Å². The van der Waals surface area contributed by atoms with Crippen molar-refractivity contribution in [3.63, 3.8) is 0 Å². The van der Waals surface area contributed by atoms with Gasteiger partial charge in [0.1, 0.15) is 11.1 Å². The van der Waals surface area contributed by atoms with Gasteiger partial charge in [0.2, 0.25) is 0 Å². The molecule has 2 saturated heterocycles. The third-order valence-electron chi connectivity index (χ3n) is 4.80. The number of thiazole rings is 1. The number of aliphatic hydroxyl groups excluding tert-OH is 1. The van der Waals surface area contributed by atoms with Crippen molar-refractivity contribution in [3.8, 4) is 0 Å². The summed E-state index contributed by atoms with van der Waals surface area (Å²) in [6.45, 7) is 2.16. The molecule has 0 aromatic carbocycles. The predicted molar refractivity (Wildman–Crippen MR) is 111 cm³/mol. The highest BCUT2D eigenvalue weighted by Gasteiger charge is 2.41. The molecule has 0 atom stereocenters. The SMILES string of the molecule is C1CCOCC1.CO.O=C(Nc1nc2cnccc2s1)N1CCC(O)(C(F)F)CC1. The topological polar surface area (TPSA) is 108 Å². The molecule has 11 heteroatoms. The van der Waals surface area contributed by atoms with Crippen LogP contribution < -0.4 is 5.32 Å². The standard InChI is InChI=1S/C13H14F2N4O2S.C5H10O.CH4O/c14-10(15)13(21)2-5-19(6-3-13)12(20)18-11-17-8-7-16-4-1-9(8)22-11;1-2-4-6-5-3-1;1-2/h1,4,7,10,21H,2-3,5-6H2,(H,17,18,20);1-5H2;2H,1H3. The molecule has 4 rings (SSSR count). The Kier molecular flexibility index (Phi) is 9.76. The normalized spacial score (nSPS) is 18.1. The summed E-state index contributed by atoms with van der Waals surface area (Å²) >= 11 is 1.32. The third-order valence-corrected chi connectivity index (χ3v) is 5.76. The van der Waals surface area contributed by atoms with Crippen LogP contribution in [0.3, 0.4) is 0 Å². The summed E-state index contributed by atoms with van der Waals surface area (Å²) < 4.78 is 31.4. The lowest BCUT2D eigenvalue weighted by Gasteiger charge is -2.37. The van der Waals surface area contributed by atoms with E-state index in [-0.39, 0.29) is 25.9 Å². The Balaban J connectivity index is 0.000000340. The number of alkyl halides is 2. The van der Waals surface area contributed by atoms with E-state index in [1.54, 1.807) is 18.5 Å². The van der Waals surface area contributed by atoms with Gasteiger partial charge in [0, 0.05) is 39.6 Å². The number of amides is 2. The second kappa shape index (κ2) is 12.0. The Labute approximate surface area is 177 Å². The molecule has 3 N–H and O–H groups in total. The first kappa shape index (κ1) is 24.3. The number of pyridine rings is 1. The fourth-order valence-corrected chi connectivity index (χ4v) is 3.83. The van der Waals surface area contributed by atoms with Crippen molar-refractivity contribution in [3.05, 3.63) is 18.5 Å². The van der Waals surface area contributed by atoms with Gasteiger partial charge in [-0.25, -0.2) is 18.6 Å². The van der Waals surface area contributed by atoms with Crippen LogP contribution in [0.2, 0.25) is 0 Å². The van der Waals surface area contributed by atoms with Crippen molar-refractivity contribution < 1.29 is 28.5 Å². The number of hydrogen-bond acceptors (Lipinski definition) is 7. The molecular weight excluding hydrogens is 418 g/mol. The third kappa shape index (κ3) is 6.79. The zero-order valence-electron chi connectivity index (χ0n) is 16.9. The maximum absolute atomic E-state index is 12.7. The smallest absolute Gasteiger partial charge is 0.323 e. The lowest BCUT2D eigenvalue weighted by molar-refractivity contribution is -0.121. The van der Waals surface area contributed by atoms with Gasteiger partial charge in [-0.2, -0.15) is 0 Å². The van der Waals surface area contributed by atoms with Crippen molar-refractivity contribution in [2.75, 3.05) is 38.7 Å². The fourth-order valence-electron chi connectivity index (χ4n) is 3.01. The molecule has 0 saturated carbocycles.